The highest BCUT2D eigenvalue weighted by molar-refractivity contribution is 5.96. The van der Waals surface area contributed by atoms with Gasteiger partial charge in [-0.3, -0.25) is 43.6 Å². The molecular formula is C38H54F3N7O10. The number of nitrogens with zero attached hydrogens (tertiary/aromatic N) is 7. The number of piperidine rings is 1. The van der Waals surface area contributed by atoms with Crippen molar-refractivity contribution in [2.45, 2.75) is 64.3 Å². The van der Waals surface area contributed by atoms with Gasteiger partial charge in [0.05, 0.1) is 61.3 Å². The van der Waals surface area contributed by atoms with Crippen molar-refractivity contribution in [1.82, 2.24) is 34.5 Å². The van der Waals surface area contributed by atoms with E-state index in [2.05, 4.69) is 33.6 Å². The third-order valence-corrected chi connectivity index (χ3v) is 10.5. The van der Waals surface area contributed by atoms with Crippen molar-refractivity contribution < 1.29 is 62.3 Å². The highest BCUT2D eigenvalue weighted by Gasteiger charge is 2.41. The van der Waals surface area contributed by atoms with E-state index >= 15 is 0 Å². The number of piperazine rings is 1. The van der Waals surface area contributed by atoms with Gasteiger partial charge in [-0.05, 0) is 58.2 Å². The standard InChI is InChI=1S/C28H38F3N5O2.C10H16N2O8/c1-19-16-35(14-15-36(19)24(17-38-5)22-6-8-23(9-7-22)28(29,30)31)27(4)10-12-34(13-11-27)26(37)25-20(2)32-18-33-21(25)3;13-7(14)3-11(4-8(15)16)1-2-12(5-9(17)18)6-10(19)20/h6-9,18-19,24H,10-17H2,1-5H3;1-6H2,(H,13,14)(H,15,16)(H,17,18)(H,19,20)/t19-,24-;/m0./s1. The summed E-state index contributed by atoms with van der Waals surface area (Å²) >= 11 is 0. The van der Waals surface area contributed by atoms with Gasteiger partial charge < -0.3 is 30.1 Å². The molecule has 17 nitrogen and oxygen atoms in total. The second kappa shape index (κ2) is 21.3. The maximum atomic E-state index is 13.2. The van der Waals surface area contributed by atoms with Gasteiger partial charge in [-0.1, -0.05) is 12.1 Å². The number of halogens is 3. The number of carbonyl (C=O) groups is 5. The Balaban J connectivity index is 0.000000382. The van der Waals surface area contributed by atoms with Crippen molar-refractivity contribution in [1.29, 1.82) is 0 Å². The SMILES string of the molecule is COC[C@@H](c1ccc(C(F)(F)F)cc1)N1CCN(C2(C)CCN(C(=O)c3c(C)ncnc3C)CC2)C[C@@H]1C.O=C(O)CN(CCN(CC(=O)O)CC(=O)O)CC(=O)O. The first kappa shape index (κ1) is 47.6. The van der Waals surface area contributed by atoms with Gasteiger partial charge >= 0.3 is 30.1 Å². The minimum absolute atomic E-state index is 0.000198. The van der Waals surface area contributed by atoms with E-state index in [0.717, 1.165) is 60.0 Å². The lowest BCUT2D eigenvalue weighted by Gasteiger charge is -2.52. The molecule has 0 bridgehead atoms. The van der Waals surface area contributed by atoms with Crippen LogP contribution in [0.4, 0.5) is 13.2 Å². The van der Waals surface area contributed by atoms with E-state index in [0.29, 0.717) is 36.6 Å². The van der Waals surface area contributed by atoms with Gasteiger partial charge in [0.1, 0.15) is 6.33 Å². The second-order valence-corrected chi connectivity index (χ2v) is 14.8. The normalized spacial score (nSPS) is 18.0. The lowest BCUT2D eigenvalue weighted by molar-refractivity contribution is -0.145. The topological polar surface area (TPSA) is 217 Å². The van der Waals surface area contributed by atoms with E-state index in [1.807, 2.05) is 18.7 Å². The molecule has 4 N–H and O–H groups in total. The highest BCUT2D eigenvalue weighted by atomic mass is 19.4. The number of alkyl halides is 3. The van der Waals surface area contributed by atoms with Crippen molar-refractivity contribution in [2.75, 3.05) is 85.7 Å². The molecule has 2 aliphatic heterocycles. The van der Waals surface area contributed by atoms with Gasteiger partial charge in [0.2, 0.25) is 0 Å². The summed E-state index contributed by atoms with van der Waals surface area (Å²) in [5.41, 5.74) is 2.18. The molecule has 58 heavy (non-hydrogen) atoms. The number of amides is 1. The molecule has 20 heteroatoms. The molecule has 322 valence electrons. The van der Waals surface area contributed by atoms with Crippen molar-refractivity contribution in [2.24, 2.45) is 0 Å². The molecule has 1 aromatic heterocycles. The van der Waals surface area contributed by atoms with Crippen LogP contribution in [0.5, 0.6) is 0 Å². The number of hydrogen-bond acceptors (Lipinski definition) is 12. The molecule has 2 atom stereocenters. The Morgan fingerprint density at radius 3 is 1.69 bits per heavy atom. The minimum atomic E-state index is -4.35. The first-order chi connectivity index (χ1) is 27.1. The Morgan fingerprint density at radius 2 is 1.29 bits per heavy atom. The first-order valence-electron chi connectivity index (χ1n) is 18.7. The van der Waals surface area contributed by atoms with Crippen LogP contribution in [0.3, 0.4) is 0 Å². The number of carbonyl (C=O) groups excluding carboxylic acids is 1. The molecule has 2 fully saturated rings. The minimum Gasteiger partial charge on any atom is -0.480 e. The smallest absolute Gasteiger partial charge is 0.416 e. The molecule has 0 aliphatic carbocycles. The van der Waals surface area contributed by atoms with Crippen LogP contribution in [0.2, 0.25) is 0 Å². The molecule has 0 radical (unpaired) electrons. The average molecular weight is 826 g/mol. The van der Waals surface area contributed by atoms with Crippen molar-refractivity contribution in [3.05, 3.63) is 58.7 Å². The molecule has 1 amide bonds. The Hall–Kier alpha value is -4.76. The maximum Gasteiger partial charge on any atom is 0.416 e. The van der Waals surface area contributed by atoms with E-state index in [4.69, 9.17) is 25.2 Å². The summed E-state index contributed by atoms with van der Waals surface area (Å²) in [6.45, 7) is 10.1. The van der Waals surface area contributed by atoms with Crippen molar-refractivity contribution >= 4 is 29.8 Å². The van der Waals surface area contributed by atoms with Crippen LogP contribution in [0.15, 0.2) is 30.6 Å². The summed E-state index contributed by atoms with van der Waals surface area (Å²) in [6.07, 6.45) is -1.12. The van der Waals surface area contributed by atoms with E-state index in [-0.39, 0.29) is 36.6 Å². The summed E-state index contributed by atoms with van der Waals surface area (Å²) < 4.78 is 44.7. The number of aryl methyl sites for hydroxylation is 2. The van der Waals surface area contributed by atoms with E-state index in [1.54, 1.807) is 19.2 Å². The van der Waals surface area contributed by atoms with Crippen LogP contribution in [0.25, 0.3) is 0 Å². The molecule has 4 rings (SSSR count). The number of methoxy groups -OCH3 is 1. The van der Waals surface area contributed by atoms with Crippen LogP contribution in [-0.2, 0) is 30.1 Å². The number of carboxylic acids is 4. The number of ether oxygens (including phenoxy) is 1. The third kappa shape index (κ3) is 14.0. The van der Waals surface area contributed by atoms with Gasteiger partial charge in [0.25, 0.3) is 5.91 Å². The predicted octanol–water partition coefficient (Wildman–Crippen LogP) is 2.43. The van der Waals surface area contributed by atoms with Gasteiger partial charge in [0.15, 0.2) is 0 Å². The number of benzene rings is 1. The van der Waals surface area contributed by atoms with Crippen LogP contribution in [0, 0.1) is 13.8 Å². The summed E-state index contributed by atoms with van der Waals surface area (Å²) in [5.74, 6) is -4.91. The Morgan fingerprint density at radius 1 is 0.828 bits per heavy atom. The largest absolute Gasteiger partial charge is 0.480 e. The van der Waals surface area contributed by atoms with Gasteiger partial charge in [0, 0.05) is 64.5 Å². The predicted molar refractivity (Wildman–Crippen MR) is 202 cm³/mol. The van der Waals surface area contributed by atoms with E-state index in [1.165, 1.54) is 6.33 Å². The summed E-state index contributed by atoms with van der Waals surface area (Å²) in [6, 6.07) is 5.52. The molecule has 0 spiro atoms. The number of aromatic nitrogens is 2. The van der Waals surface area contributed by atoms with Crippen LogP contribution in [-0.4, -0.2) is 182 Å². The Labute approximate surface area is 335 Å². The zero-order valence-corrected chi connectivity index (χ0v) is 33.4. The van der Waals surface area contributed by atoms with Gasteiger partial charge in [-0.2, -0.15) is 13.2 Å². The number of rotatable bonds is 17. The second-order valence-electron chi connectivity index (χ2n) is 14.8. The highest BCUT2D eigenvalue weighted by Crippen LogP contribution is 2.35. The summed E-state index contributed by atoms with van der Waals surface area (Å²) in [5, 5.41) is 34.5. The van der Waals surface area contributed by atoms with Crippen LogP contribution < -0.4 is 0 Å². The first-order valence-corrected chi connectivity index (χ1v) is 18.7. The Kier molecular flexibility index (Phi) is 17.5. The quantitative estimate of drug-likeness (QED) is 0.180. The lowest BCUT2D eigenvalue weighted by Crippen LogP contribution is -2.62. The van der Waals surface area contributed by atoms with Crippen LogP contribution in [0.1, 0.15) is 65.6 Å². The zero-order chi connectivity index (χ0) is 43.4. The average Bonchev–Trinajstić information content (AvgIpc) is 3.12. The lowest BCUT2D eigenvalue weighted by atomic mass is 9.86. The number of aliphatic carboxylic acids is 4. The fraction of sp³-hybridized carbons (Fsp3) is 0.605. The molecule has 2 saturated heterocycles. The zero-order valence-electron chi connectivity index (χ0n) is 33.4. The van der Waals surface area contributed by atoms with Crippen LogP contribution >= 0.6 is 0 Å². The summed E-state index contributed by atoms with van der Waals surface area (Å²) in [7, 11) is 1.62. The van der Waals surface area contributed by atoms with Gasteiger partial charge in [-0.25, -0.2) is 9.97 Å². The van der Waals surface area contributed by atoms with Gasteiger partial charge in [-0.15, -0.1) is 0 Å². The molecule has 2 aliphatic rings. The number of carboxylic acid groups (broad SMARTS) is 4. The monoisotopic (exact) mass is 825 g/mol. The molecule has 1 aromatic carbocycles. The molecule has 0 saturated carbocycles. The molecular weight excluding hydrogens is 771 g/mol. The van der Waals surface area contributed by atoms with Crippen molar-refractivity contribution in [3.8, 4) is 0 Å². The van der Waals surface area contributed by atoms with E-state index in [9.17, 15) is 37.1 Å². The molecule has 3 heterocycles. The maximum absolute atomic E-state index is 13.2. The summed E-state index contributed by atoms with van der Waals surface area (Å²) in [4.78, 5) is 72.8. The number of hydrogen-bond donors (Lipinski definition) is 4. The third-order valence-electron chi connectivity index (χ3n) is 10.5. The number of likely N-dealkylation sites (tertiary alicyclic amines) is 1. The van der Waals surface area contributed by atoms with E-state index < -0.39 is 61.8 Å². The fourth-order valence-corrected chi connectivity index (χ4v) is 7.40. The molecule has 0 unspecified atom stereocenters. The molecule has 2 aromatic rings. The Bertz CT molecular complexity index is 1640. The van der Waals surface area contributed by atoms with Crippen molar-refractivity contribution in [3.63, 3.8) is 0 Å². The fourth-order valence-electron chi connectivity index (χ4n) is 7.40.